The summed E-state index contributed by atoms with van der Waals surface area (Å²) in [4.78, 5) is 23.8. The summed E-state index contributed by atoms with van der Waals surface area (Å²) in [5.41, 5.74) is 1.01. The molecule has 0 aliphatic carbocycles. The lowest BCUT2D eigenvalue weighted by Gasteiger charge is -2.44. The predicted octanol–water partition coefficient (Wildman–Crippen LogP) is 1.71. The van der Waals surface area contributed by atoms with Crippen molar-refractivity contribution >= 4 is 28.4 Å². The Balaban J connectivity index is 1.45. The Morgan fingerprint density at radius 2 is 1.93 bits per heavy atom. The zero-order valence-electron chi connectivity index (χ0n) is 15.5. The van der Waals surface area contributed by atoms with Crippen molar-refractivity contribution < 1.29 is 9.90 Å². The van der Waals surface area contributed by atoms with E-state index in [1.807, 2.05) is 18.2 Å². The molecule has 4 rings (SSSR count). The number of amides is 1. The molecule has 1 N–H and O–H groups in total. The summed E-state index contributed by atoms with van der Waals surface area (Å²) in [6, 6.07) is 9.30. The maximum atomic E-state index is 12.9. The molecule has 2 aliphatic heterocycles. The fourth-order valence-electron chi connectivity index (χ4n) is 4.08. The molecule has 7 heteroatoms. The van der Waals surface area contributed by atoms with Gasteiger partial charge in [-0.2, -0.15) is 0 Å². The van der Waals surface area contributed by atoms with Gasteiger partial charge >= 0.3 is 0 Å². The van der Waals surface area contributed by atoms with Gasteiger partial charge in [-0.25, -0.2) is 4.98 Å². The molecule has 2 aliphatic rings. The van der Waals surface area contributed by atoms with Gasteiger partial charge in [0.25, 0.3) is 5.91 Å². The molecule has 1 aromatic carbocycles. The van der Waals surface area contributed by atoms with Crippen molar-refractivity contribution in [1.82, 2.24) is 19.7 Å². The molecule has 3 heterocycles. The van der Waals surface area contributed by atoms with Gasteiger partial charge in [0.1, 0.15) is 5.69 Å². The Labute approximate surface area is 164 Å². The van der Waals surface area contributed by atoms with Crippen LogP contribution >= 0.6 is 11.6 Å². The largest absolute Gasteiger partial charge is 0.390 e. The lowest BCUT2D eigenvalue weighted by molar-refractivity contribution is -0.0220. The molecular formula is C20H25ClN4O2. The Morgan fingerprint density at radius 1 is 1.15 bits per heavy atom. The van der Waals surface area contributed by atoms with E-state index in [1.165, 1.54) is 0 Å². The summed E-state index contributed by atoms with van der Waals surface area (Å²) < 4.78 is 0. The standard InChI is InChI=1S/C20H25ClN4O2/c1-23-9-11-24(12-10-23)17-7-8-25(13-18(17)26)20(27)16-6-5-14-3-2-4-15(21)19(14)22-16/h2-6,17-18,26H,7-13H2,1H3/t17-,18-/m1/s1. The third kappa shape index (κ3) is 3.80. The van der Waals surface area contributed by atoms with E-state index in [2.05, 4.69) is 21.8 Å². The number of carbonyl (C=O) groups is 1. The average molecular weight is 389 g/mol. The van der Waals surface area contributed by atoms with Crippen LogP contribution in [0, 0.1) is 0 Å². The number of pyridine rings is 1. The molecule has 2 saturated heterocycles. The molecule has 0 unspecified atom stereocenters. The molecule has 0 saturated carbocycles. The highest BCUT2D eigenvalue weighted by Crippen LogP contribution is 2.24. The molecule has 27 heavy (non-hydrogen) atoms. The first-order chi connectivity index (χ1) is 13.0. The van der Waals surface area contributed by atoms with Gasteiger partial charge in [-0.15, -0.1) is 0 Å². The second-order valence-corrected chi connectivity index (χ2v) is 7.93. The highest BCUT2D eigenvalue weighted by molar-refractivity contribution is 6.35. The SMILES string of the molecule is CN1CCN([C@@H]2CCN(C(=O)c3ccc4cccc(Cl)c4n3)C[C@H]2O)CC1. The van der Waals surface area contributed by atoms with Crippen molar-refractivity contribution in [1.29, 1.82) is 0 Å². The second kappa shape index (κ2) is 7.72. The summed E-state index contributed by atoms with van der Waals surface area (Å²) in [6.07, 6.45) is 0.250. The zero-order chi connectivity index (χ0) is 19.0. The van der Waals surface area contributed by atoms with Gasteiger partial charge < -0.3 is 14.9 Å². The lowest BCUT2D eigenvalue weighted by Crippen LogP contribution is -2.59. The van der Waals surface area contributed by atoms with E-state index in [0.717, 1.165) is 38.0 Å². The van der Waals surface area contributed by atoms with Crippen LogP contribution in [0.5, 0.6) is 0 Å². The quantitative estimate of drug-likeness (QED) is 0.848. The minimum atomic E-state index is -0.532. The lowest BCUT2D eigenvalue weighted by atomic mass is 9.99. The first kappa shape index (κ1) is 18.6. The van der Waals surface area contributed by atoms with E-state index in [-0.39, 0.29) is 11.9 Å². The summed E-state index contributed by atoms with van der Waals surface area (Å²) in [5.74, 6) is -0.146. The predicted molar refractivity (Wildman–Crippen MR) is 106 cm³/mol. The highest BCUT2D eigenvalue weighted by atomic mass is 35.5. The van der Waals surface area contributed by atoms with Crippen LogP contribution in [0.1, 0.15) is 16.9 Å². The molecule has 2 aromatic rings. The van der Waals surface area contributed by atoms with Crippen LogP contribution in [-0.4, -0.2) is 89.2 Å². The van der Waals surface area contributed by atoms with Gasteiger partial charge in [0.2, 0.25) is 0 Å². The number of rotatable bonds is 2. The number of benzene rings is 1. The number of hydrogen-bond donors (Lipinski definition) is 1. The van der Waals surface area contributed by atoms with Crippen molar-refractivity contribution in [2.45, 2.75) is 18.6 Å². The number of carbonyl (C=O) groups excluding carboxylic acids is 1. The smallest absolute Gasteiger partial charge is 0.272 e. The van der Waals surface area contributed by atoms with Crippen molar-refractivity contribution in [3.8, 4) is 0 Å². The van der Waals surface area contributed by atoms with Crippen LogP contribution in [-0.2, 0) is 0 Å². The minimum absolute atomic E-state index is 0.127. The maximum Gasteiger partial charge on any atom is 0.272 e. The second-order valence-electron chi connectivity index (χ2n) is 7.52. The normalized spacial score (nSPS) is 25.1. The first-order valence-electron chi connectivity index (χ1n) is 9.48. The molecule has 1 aromatic heterocycles. The molecule has 0 bridgehead atoms. The number of halogens is 1. The van der Waals surface area contributed by atoms with Gasteiger partial charge in [-0.1, -0.05) is 29.8 Å². The Hall–Kier alpha value is -1.73. The van der Waals surface area contributed by atoms with Gasteiger partial charge in [-0.05, 0) is 25.6 Å². The van der Waals surface area contributed by atoms with Crippen LogP contribution < -0.4 is 0 Å². The first-order valence-corrected chi connectivity index (χ1v) is 9.86. The number of likely N-dealkylation sites (tertiary alicyclic amines) is 1. The topological polar surface area (TPSA) is 59.9 Å². The van der Waals surface area contributed by atoms with Crippen LogP contribution in [0.25, 0.3) is 10.9 Å². The zero-order valence-corrected chi connectivity index (χ0v) is 16.3. The molecule has 0 spiro atoms. The fraction of sp³-hybridized carbons (Fsp3) is 0.500. The number of piperidine rings is 1. The number of hydrogen-bond acceptors (Lipinski definition) is 5. The minimum Gasteiger partial charge on any atom is -0.390 e. The van der Waals surface area contributed by atoms with Crippen LogP contribution in [0.3, 0.4) is 0 Å². The third-order valence-corrected chi connectivity index (χ3v) is 6.04. The van der Waals surface area contributed by atoms with Gasteiger partial charge in [-0.3, -0.25) is 9.69 Å². The number of aliphatic hydroxyl groups is 1. The van der Waals surface area contributed by atoms with Crippen LogP contribution in [0.4, 0.5) is 0 Å². The summed E-state index contributed by atoms with van der Waals surface area (Å²) in [6.45, 7) is 4.96. The van der Waals surface area contributed by atoms with E-state index < -0.39 is 6.10 Å². The van der Waals surface area contributed by atoms with Gasteiger partial charge in [0.15, 0.2) is 0 Å². The van der Waals surface area contributed by atoms with Crippen molar-refractivity contribution in [3.63, 3.8) is 0 Å². The van der Waals surface area contributed by atoms with E-state index >= 15 is 0 Å². The van der Waals surface area contributed by atoms with Crippen LogP contribution in [0.15, 0.2) is 30.3 Å². The van der Waals surface area contributed by atoms with Crippen molar-refractivity contribution in [2.24, 2.45) is 0 Å². The monoisotopic (exact) mass is 388 g/mol. The van der Waals surface area contributed by atoms with Crippen LogP contribution in [0.2, 0.25) is 5.02 Å². The Bertz CT molecular complexity index is 838. The summed E-state index contributed by atoms with van der Waals surface area (Å²) >= 11 is 6.22. The number of β-amino-alcohol motifs (C(OH)–C–C–N with tert-alkyl or cyclic N) is 1. The average Bonchev–Trinajstić information content (AvgIpc) is 2.68. The number of aromatic nitrogens is 1. The maximum absolute atomic E-state index is 12.9. The van der Waals surface area contributed by atoms with Gasteiger partial charge in [0.05, 0.1) is 16.6 Å². The highest BCUT2D eigenvalue weighted by Gasteiger charge is 2.35. The van der Waals surface area contributed by atoms with E-state index in [4.69, 9.17) is 11.6 Å². The molecule has 6 nitrogen and oxygen atoms in total. The molecule has 2 atom stereocenters. The van der Waals surface area contributed by atoms with E-state index in [1.54, 1.807) is 17.0 Å². The fourth-order valence-corrected chi connectivity index (χ4v) is 4.30. The molecule has 0 radical (unpaired) electrons. The number of piperazine rings is 1. The number of para-hydroxylation sites is 1. The van der Waals surface area contributed by atoms with Gasteiger partial charge in [0, 0.05) is 50.7 Å². The third-order valence-electron chi connectivity index (χ3n) is 5.73. The number of nitrogens with zero attached hydrogens (tertiary/aromatic N) is 4. The van der Waals surface area contributed by atoms with E-state index in [9.17, 15) is 9.90 Å². The van der Waals surface area contributed by atoms with E-state index in [0.29, 0.717) is 29.3 Å². The number of aliphatic hydroxyl groups excluding tert-OH is 1. The summed E-state index contributed by atoms with van der Waals surface area (Å²) in [7, 11) is 2.12. The molecule has 1 amide bonds. The summed E-state index contributed by atoms with van der Waals surface area (Å²) in [5, 5.41) is 12.1. The molecule has 144 valence electrons. The van der Waals surface area contributed by atoms with Crippen molar-refractivity contribution in [3.05, 3.63) is 41.0 Å². The molecule has 2 fully saturated rings. The number of fused-ring (bicyclic) bond motifs is 1. The Morgan fingerprint density at radius 3 is 2.67 bits per heavy atom. The Kier molecular flexibility index (Phi) is 5.32. The molecular weight excluding hydrogens is 364 g/mol. The van der Waals surface area contributed by atoms with Crippen molar-refractivity contribution in [2.75, 3.05) is 46.3 Å². The number of likely N-dealkylation sites (N-methyl/N-ethyl adjacent to an activating group) is 1.